The van der Waals surface area contributed by atoms with E-state index in [0.29, 0.717) is 17.0 Å². The third-order valence-electron chi connectivity index (χ3n) is 2.72. The third kappa shape index (κ3) is 4.51. The minimum absolute atomic E-state index is 0.282. The molecule has 0 atom stereocenters. The number of benzene rings is 1. The molecule has 0 amide bonds. The molecule has 0 aliphatic heterocycles. The molecule has 0 aliphatic rings. The Labute approximate surface area is 122 Å². The fourth-order valence-corrected chi connectivity index (χ4v) is 2.53. The number of ether oxygens (including phenoxy) is 1. The summed E-state index contributed by atoms with van der Waals surface area (Å²) in [6, 6.07) is 7.93. The fraction of sp³-hybridized carbons (Fsp3) is 0.500. The first-order valence-corrected chi connectivity index (χ1v) is 7.37. The molecular weight excluding hydrogens is 314 g/mol. The second-order valence-electron chi connectivity index (χ2n) is 4.80. The van der Waals surface area contributed by atoms with Crippen molar-refractivity contribution in [3.63, 3.8) is 0 Å². The van der Waals surface area contributed by atoms with Gasteiger partial charge in [-0.25, -0.2) is 0 Å². The number of alkyl halides is 1. The van der Waals surface area contributed by atoms with Crippen LogP contribution in [-0.4, -0.2) is 6.61 Å². The zero-order valence-electron chi connectivity index (χ0n) is 10.7. The van der Waals surface area contributed by atoms with Gasteiger partial charge in [0.1, 0.15) is 5.75 Å². The van der Waals surface area contributed by atoms with Crippen molar-refractivity contribution in [3.8, 4) is 11.8 Å². The van der Waals surface area contributed by atoms with Crippen molar-refractivity contribution in [2.24, 2.45) is 5.41 Å². The van der Waals surface area contributed by atoms with Crippen LogP contribution >= 0.6 is 27.5 Å². The van der Waals surface area contributed by atoms with Crippen LogP contribution in [0, 0.1) is 16.7 Å². The molecule has 4 heteroatoms. The highest BCUT2D eigenvalue weighted by molar-refractivity contribution is 9.08. The van der Waals surface area contributed by atoms with Crippen LogP contribution in [-0.2, 0) is 5.33 Å². The molecular formula is C14H17BrClNO. The van der Waals surface area contributed by atoms with E-state index in [1.54, 1.807) is 0 Å². The summed E-state index contributed by atoms with van der Waals surface area (Å²) in [5, 5.41) is 10.3. The zero-order chi connectivity index (χ0) is 13.6. The molecule has 1 aromatic rings. The van der Waals surface area contributed by atoms with Crippen molar-refractivity contribution in [1.82, 2.24) is 0 Å². The Morgan fingerprint density at radius 1 is 1.44 bits per heavy atom. The van der Waals surface area contributed by atoms with Gasteiger partial charge in [-0.15, -0.1) is 0 Å². The average Bonchev–Trinajstić information content (AvgIpc) is 2.35. The largest absolute Gasteiger partial charge is 0.493 e. The predicted octanol–water partition coefficient (Wildman–Crippen LogP) is 4.94. The Balaban J connectivity index is 2.50. The molecule has 2 nitrogen and oxygen atoms in total. The molecule has 0 N–H and O–H groups in total. The van der Waals surface area contributed by atoms with E-state index in [2.05, 4.69) is 22.0 Å². The highest BCUT2D eigenvalue weighted by Crippen LogP contribution is 2.29. The number of halogens is 2. The molecule has 0 saturated heterocycles. The molecule has 0 heterocycles. The van der Waals surface area contributed by atoms with Gasteiger partial charge in [-0.3, -0.25) is 0 Å². The molecule has 0 unspecified atom stereocenters. The van der Waals surface area contributed by atoms with E-state index < -0.39 is 0 Å². The van der Waals surface area contributed by atoms with Crippen LogP contribution in [0.3, 0.4) is 0 Å². The van der Waals surface area contributed by atoms with Gasteiger partial charge in [-0.1, -0.05) is 33.6 Å². The van der Waals surface area contributed by atoms with Crippen LogP contribution in [0.2, 0.25) is 5.02 Å². The predicted molar refractivity (Wildman–Crippen MR) is 78.2 cm³/mol. The number of nitriles is 1. The molecule has 0 bridgehead atoms. The van der Waals surface area contributed by atoms with E-state index in [1.807, 2.05) is 32.0 Å². The average molecular weight is 331 g/mol. The summed E-state index contributed by atoms with van der Waals surface area (Å²) in [4.78, 5) is 0. The van der Waals surface area contributed by atoms with E-state index in [4.69, 9.17) is 21.6 Å². The monoisotopic (exact) mass is 329 g/mol. The summed E-state index contributed by atoms with van der Waals surface area (Å²) in [5.41, 5.74) is 0.689. The van der Waals surface area contributed by atoms with Gasteiger partial charge in [0.05, 0.1) is 18.1 Å². The van der Waals surface area contributed by atoms with Gasteiger partial charge in [0.15, 0.2) is 0 Å². The summed E-state index contributed by atoms with van der Waals surface area (Å²) in [5.74, 6) is 0.814. The lowest BCUT2D eigenvalue weighted by atomic mass is 9.90. The van der Waals surface area contributed by atoms with E-state index in [9.17, 15) is 0 Å². The normalized spacial score (nSPS) is 11.1. The Morgan fingerprint density at radius 2 is 2.17 bits per heavy atom. The highest BCUT2D eigenvalue weighted by Gasteiger charge is 2.16. The molecule has 0 fully saturated rings. The van der Waals surface area contributed by atoms with Crippen LogP contribution in [0.1, 0.15) is 32.3 Å². The lowest BCUT2D eigenvalue weighted by molar-refractivity contribution is 0.282. The Morgan fingerprint density at radius 3 is 2.78 bits per heavy atom. The molecule has 1 aromatic carbocycles. The first-order chi connectivity index (χ1) is 8.50. The van der Waals surface area contributed by atoms with Crippen molar-refractivity contribution in [2.75, 3.05) is 6.61 Å². The van der Waals surface area contributed by atoms with Crippen molar-refractivity contribution in [2.45, 2.75) is 32.0 Å². The second-order valence-corrected chi connectivity index (χ2v) is 5.77. The smallest absolute Gasteiger partial charge is 0.124 e. The van der Waals surface area contributed by atoms with E-state index in [1.165, 1.54) is 0 Å². The molecule has 0 aliphatic carbocycles. The molecule has 98 valence electrons. The summed E-state index contributed by atoms with van der Waals surface area (Å²) >= 11 is 9.49. The fourth-order valence-electron chi connectivity index (χ4n) is 1.56. The maximum atomic E-state index is 8.91. The first kappa shape index (κ1) is 15.3. The molecule has 0 saturated carbocycles. The van der Waals surface area contributed by atoms with Crippen LogP contribution in [0.25, 0.3) is 0 Å². The minimum Gasteiger partial charge on any atom is -0.493 e. The van der Waals surface area contributed by atoms with Gasteiger partial charge in [-0.05, 0) is 38.8 Å². The summed E-state index contributed by atoms with van der Waals surface area (Å²) < 4.78 is 5.72. The van der Waals surface area contributed by atoms with Gasteiger partial charge < -0.3 is 4.74 Å². The number of rotatable bonds is 6. The topological polar surface area (TPSA) is 33.0 Å². The minimum atomic E-state index is -0.282. The Bertz CT molecular complexity index is 440. The highest BCUT2D eigenvalue weighted by atomic mass is 79.9. The number of hydrogen-bond donors (Lipinski definition) is 0. The summed E-state index contributed by atoms with van der Waals surface area (Å²) in [6.45, 7) is 4.48. The standard InChI is InChI=1S/C14H17BrClNO/c1-14(2,10-17)7-4-8-18-13-6-3-5-12(16)11(13)9-15/h3,5-6H,4,7-9H2,1-2H3. The Hall–Kier alpha value is -0.720. The van der Waals surface area contributed by atoms with E-state index in [0.717, 1.165) is 24.2 Å². The van der Waals surface area contributed by atoms with Crippen LogP contribution in [0.4, 0.5) is 0 Å². The lowest BCUT2D eigenvalue weighted by Gasteiger charge is -2.16. The second kappa shape index (κ2) is 7.01. The van der Waals surface area contributed by atoms with Crippen LogP contribution < -0.4 is 4.74 Å². The molecule has 18 heavy (non-hydrogen) atoms. The van der Waals surface area contributed by atoms with Crippen molar-refractivity contribution in [1.29, 1.82) is 5.26 Å². The molecule has 1 rings (SSSR count). The molecule has 0 aromatic heterocycles. The summed E-state index contributed by atoms with van der Waals surface area (Å²) in [7, 11) is 0. The van der Waals surface area contributed by atoms with Crippen LogP contribution in [0.15, 0.2) is 18.2 Å². The number of nitrogens with zero attached hydrogens (tertiary/aromatic N) is 1. The maximum Gasteiger partial charge on any atom is 0.124 e. The third-order valence-corrected chi connectivity index (χ3v) is 3.63. The van der Waals surface area contributed by atoms with Gasteiger partial charge in [0.2, 0.25) is 0 Å². The Kier molecular flexibility index (Phi) is 5.98. The zero-order valence-corrected chi connectivity index (χ0v) is 13.0. The molecule has 0 radical (unpaired) electrons. The first-order valence-electron chi connectivity index (χ1n) is 5.87. The van der Waals surface area contributed by atoms with Crippen molar-refractivity contribution >= 4 is 27.5 Å². The lowest BCUT2D eigenvalue weighted by Crippen LogP contribution is -2.10. The van der Waals surface area contributed by atoms with Gasteiger partial charge >= 0.3 is 0 Å². The van der Waals surface area contributed by atoms with Gasteiger partial charge in [0.25, 0.3) is 0 Å². The van der Waals surface area contributed by atoms with Crippen molar-refractivity contribution in [3.05, 3.63) is 28.8 Å². The SMILES string of the molecule is CC(C)(C#N)CCCOc1cccc(Cl)c1CBr. The van der Waals surface area contributed by atoms with Gasteiger partial charge in [0, 0.05) is 15.9 Å². The molecule has 0 spiro atoms. The quantitative estimate of drug-likeness (QED) is 0.546. The van der Waals surface area contributed by atoms with E-state index >= 15 is 0 Å². The maximum absolute atomic E-state index is 8.91. The van der Waals surface area contributed by atoms with Crippen LogP contribution in [0.5, 0.6) is 5.75 Å². The van der Waals surface area contributed by atoms with Gasteiger partial charge in [-0.2, -0.15) is 5.26 Å². The summed E-state index contributed by atoms with van der Waals surface area (Å²) in [6.07, 6.45) is 1.68. The van der Waals surface area contributed by atoms with E-state index in [-0.39, 0.29) is 5.41 Å². The number of hydrogen-bond acceptors (Lipinski definition) is 2. The van der Waals surface area contributed by atoms with Crippen molar-refractivity contribution < 1.29 is 4.74 Å².